The molecule has 1 heterocycles. The topological polar surface area (TPSA) is 54.2 Å². The zero-order valence-corrected chi connectivity index (χ0v) is 10.5. The van der Waals surface area contributed by atoms with Crippen molar-refractivity contribution < 1.29 is 0 Å². The normalized spacial score (nSPS) is 11.9. The van der Waals surface area contributed by atoms with Crippen LogP contribution in [0.15, 0.2) is 17.3 Å². The standard InChI is InChI=1S/C11H21N5/c1-9(2)7-13-11(12-3)14-8-10-5-6-15-16(10)4/h5-6,9H,7-8H2,1-4H3,(H2,12,13,14). The number of hydrogen-bond donors (Lipinski definition) is 2. The molecular weight excluding hydrogens is 202 g/mol. The third-order valence-corrected chi connectivity index (χ3v) is 2.26. The van der Waals surface area contributed by atoms with E-state index in [0.29, 0.717) is 5.92 Å². The van der Waals surface area contributed by atoms with E-state index in [1.165, 1.54) is 0 Å². The second kappa shape index (κ2) is 6.15. The molecule has 0 aromatic carbocycles. The van der Waals surface area contributed by atoms with E-state index in [1.807, 2.05) is 17.8 Å². The lowest BCUT2D eigenvalue weighted by Crippen LogP contribution is -2.38. The molecule has 5 nitrogen and oxygen atoms in total. The molecule has 0 saturated carbocycles. The molecule has 2 N–H and O–H groups in total. The first-order valence-electron chi connectivity index (χ1n) is 5.55. The highest BCUT2D eigenvalue weighted by Crippen LogP contribution is 1.94. The van der Waals surface area contributed by atoms with Gasteiger partial charge in [0.05, 0.1) is 12.2 Å². The molecule has 0 fully saturated rings. The van der Waals surface area contributed by atoms with E-state index in [9.17, 15) is 0 Å². The Morgan fingerprint density at radius 2 is 2.25 bits per heavy atom. The molecule has 0 unspecified atom stereocenters. The Hall–Kier alpha value is -1.52. The van der Waals surface area contributed by atoms with Crippen molar-refractivity contribution in [3.8, 4) is 0 Å². The van der Waals surface area contributed by atoms with E-state index < -0.39 is 0 Å². The van der Waals surface area contributed by atoms with Gasteiger partial charge < -0.3 is 10.6 Å². The molecule has 5 heteroatoms. The SMILES string of the molecule is CN=C(NCc1ccnn1C)NCC(C)C. The summed E-state index contributed by atoms with van der Waals surface area (Å²) in [7, 11) is 3.71. The van der Waals surface area contributed by atoms with Gasteiger partial charge in [-0.15, -0.1) is 0 Å². The molecular formula is C11H21N5. The van der Waals surface area contributed by atoms with Crippen LogP contribution in [-0.2, 0) is 13.6 Å². The molecule has 0 atom stereocenters. The summed E-state index contributed by atoms with van der Waals surface area (Å²) < 4.78 is 1.85. The molecule has 1 rings (SSSR count). The summed E-state index contributed by atoms with van der Waals surface area (Å²) in [5.41, 5.74) is 1.13. The van der Waals surface area contributed by atoms with Gasteiger partial charge in [-0.2, -0.15) is 5.10 Å². The average Bonchev–Trinajstić information content (AvgIpc) is 2.64. The van der Waals surface area contributed by atoms with Crippen LogP contribution >= 0.6 is 0 Å². The van der Waals surface area contributed by atoms with Crippen molar-refractivity contribution in [1.29, 1.82) is 0 Å². The summed E-state index contributed by atoms with van der Waals surface area (Å²) in [6, 6.07) is 1.99. The predicted octanol–water partition coefficient (Wildman–Crippen LogP) is 0.741. The fourth-order valence-electron chi connectivity index (χ4n) is 1.27. The molecule has 0 spiro atoms. The lowest BCUT2D eigenvalue weighted by molar-refractivity contribution is 0.611. The fraction of sp³-hybridized carbons (Fsp3) is 0.636. The maximum atomic E-state index is 4.15. The van der Waals surface area contributed by atoms with Crippen LogP contribution in [0.4, 0.5) is 0 Å². The van der Waals surface area contributed by atoms with Crippen molar-refractivity contribution in [1.82, 2.24) is 20.4 Å². The van der Waals surface area contributed by atoms with Gasteiger partial charge in [0.1, 0.15) is 0 Å². The monoisotopic (exact) mass is 223 g/mol. The van der Waals surface area contributed by atoms with E-state index in [2.05, 4.69) is 34.6 Å². The number of guanidine groups is 1. The zero-order valence-electron chi connectivity index (χ0n) is 10.5. The van der Waals surface area contributed by atoms with E-state index in [4.69, 9.17) is 0 Å². The van der Waals surface area contributed by atoms with Gasteiger partial charge in [-0.05, 0) is 12.0 Å². The Labute approximate surface area is 97.0 Å². The Balaban J connectivity index is 2.38. The minimum Gasteiger partial charge on any atom is -0.356 e. The van der Waals surface area contributed by atoms with Crippen molar-refractivity contribution >= 4 is 5.96 Å². The van der Waals surface area contributed by atoms with E-state index in [0.717, 1.165) is 24.7 Å². The number of hydrogen-bond acceptors (Lipinski definition) is 2. The molecule has 16 heavy (non-hydrogen) atoms. The van der Waals surface area contributed by atoms with Crippen molar-refractivity contribution in [3.63, 3.8) is 0 Å². The van der Waals surface area contributed by atoms with Crippen LogP contribution in [0.25, 0.3) is 0 Å². The minimum absolute atomic E-state index is 0.607. The Morgan fingerprint density at radius 1 is 1.50 bits per heavy atom. The third-order valence-electron chi connectivity index (χ3n) is 2.26. The molecule has 0 radical (unpaired) electrons. The Kier molecular flexibility index (Phi) is 4.82. The van der Waals surface area contributed by atoms with Crippen LogP contribution in [0.5, 0.6) is 0 Å². The highest BCUT2D eigenvalue weighted by molar-refractivity contribution is 5.79. The summed E-state index contributed by atoms with van der Waals surface area (Å²) in [5, 5.41) is 10.6. The van der Waals surface area contributed by atoms with Gasteiger partial charge in [0.25, 0.3) is 0 Å². The van der Waals surface area contributed by atoms with Crippen molar-refractivity contribution in [3.05, 3.63) is 18.0 Å². The van der Waals surface area contributed by atoms with Crippen LogP contribution in [0, 0.1) is 5.92 Å². The summed E-state index contributed by atoms with van der Waals surface area (Å²) in [5.74, 6) is 1.44. The van der Waals surface area contributed by atoms with Crippen LogP contribution in [0.3, 0.4) is 0 Å². The first-order valence-corrected chi connectivity index (χ1v) is 5.55. The van der Waals surface area contributed by atoms with Gasteiger partial charge in [-0.1, -0.05) is 13.8 Å². The second-order valence-corrected chi connectivity index (χ2v) is 4.15. The first kappa shape index (κ1) is 12.5. The fourth-order valence-corrected chi connectivity index (χ4v) is 1.27. The number of aryl methyl sites for hydroxylation is 1. The summed E-state index contributed by atoms with van der Waals surface area (Å²) in [6.45, 7) is 5.99. The number of nitrogens with zero attached hydrogens (tertiary/aromatic N) is 3. The molecule has 1 aromatic heterocycles. The van der Waals surface area contributed by atoms with Crippen LogP contribution in [0.1, 0.15) is 19.5 Å². The summed E-state index contributed by atoms with van der Waals surface area (Å²) >= 11 is 0. The molecule has 0 bridgehead atoms. The Bertz CT molecular complexity index is 340. The van der Waals surface area contributed by atoms with Crippen molar-refractivity contribution in [2.75, 3.05) is 13.6 Å². The lowest BCUT2D eigenvalue weighted by Gasteiger charge is -2.13. The van der Waals surface area contributed by atoms with Gasteiger partial charge >= 0.3 is 0 Å². The first-order chi connectivity index (χ1) is 7.63. The number of rotatable bonds is 4. The van der Waals surface area contributed by atoms with E-state index in [-0.39, 0.29) is 0 Å². The molecule has 0 aliphatic carbocycles. The molecule has 0 amide bonds. The lowest BCUT2D eigenvalue weighted by atomic mass is 10.2. The Morgan fingerprint density at radius 3 is 2.75 bits per heavy atom. The summed E-state index contributed by atoms with van der Waals surface area (Å²) in [4.78, 5) is 4.15. The highest BCUT2D eigenvalue weighted by Gasteiger charge is 2.01. The van der Waals surface area contributed by atoms with Crippen LogP contribution in [-0.4, -0.2) is 29.3 Å². The van der Waals surface area contributed by atoms with Crippen LogP contribution in [0.2, 0.25) is 0 Å². The third kappa shape index (κ3) is 3.92. The maximum absolute atomic E-state index is 4.15. The van der Waals surface area contributed by atoms with E-state index in [1.54, 1.807) is 13.2 Å². The van der Waals surface area contributed by atoms with Crippen LogP contribution < -0.4 is 10.6 Å². The van der Waals surface area contributed by atoms with Gasteiger partial charge in [0, 0.05) is 26.8 Å². The minimum atomic E-state index is 0.607. The molecule has 1 aromatic rings. The number of aromatic nitrogens is 2. The number of nitrogens with one attached hydrogen (secondary N) is 2. The van der Waals surface area contributed by atoms with Gasteiger partial charge in [0.15, 0.2) is 5.96 Å². The van der Waals surface area contributed by atoms with Crippen molar-refractivity contribution in [2.45, 2.75) is 20.4 Å². The highest BCUT2D eigenvalue weighted by atomic mass is 15.3. The van der Waals surface area contributed by atoms with E-state index >= 15 is 0 Å². The van der Waals surface area contributed by atoms with Crippen molar-refractivity contribution in [2.24, 2.45) is 18.0 Å². The maximum Gasteiger partial charge on any atom is 0.191 e. The number of aliphatic imine (C=N–C) groups is 1. The molecule has 90 valence electrons. The quantitative estimate of drug-likeness (QED) is 0.585. The smallest absolute Gasteiger partial charge is 0.191 e. The van der Waals surface area contributed by atoms with Gasteiger partial charge in [-0.25, -0.2) is 0 Å². The van der Waals surface area contributed by atoms with Gasteiger partial charge in [-0.3, -0.25) is 9.67 Å². The second-order valence-electron chi connectivity index (χ2n) is 4.15. The molecule has 0 aliphatic heterocycles. The van der Waals surface area contributed by atoms with Gasteiger partial charge in [0.2, 0.25) is 0 Å². The largest absolute Gasteiger partial charge is 0.356 e. The zero-order chi connectivity index (χ0) is 12.0. The average molecular weight is 223 g/mol. The predicted molar refractivity (Wildman–Crippen MR) is 66.2 cm³/mol. The molecule has 0 saturated heterocycles. The summed E-state index contributed by atoms with van der Waals surface area (Å²) in [6.07, 6.45) is 1.79. The molecule has 0 aliphatic rings.